The Morgan fingerprint density at radius 1 is 1.30 bits per heavy atom. The standard InChI is InChI=1S/C14H24N2O3S/c1-11(2)16(8-9-17)20(18,19)14-7-5-6-13(10-14)12(3)15-4/h5-7,10-12,15,17H,8-9H2,1-4H3. The van der Waals surface area contributed by atoms with E-state index >= 15 is 0 Å². The van der Waals surface area contributed by atoms with E-state index in [1.54, 1.807) is 32.0 Å². The van der Waals surface area contributed by atoms with Gasteiger partial charge in [-0.25, -0.2) is 8.42 Å². The van der Waals surface area contributed by atoms with Crippen LogP contribution in [0.2, 0.25) is 0 Å². The first kappa shape index (κ1) is 17.1. The van der Waals surface area contributed by atoms with E-state index in [0.29, 0.717) is 0 Å². The van der Waals surface area contributed by atoms with E-state index in [4.69, 9.17) is 5.11 Å². The molecule has 1 rings (SSSR count). The number of sulfonamides is 1. The highest BCUT2D eigenvalue weighted by Crippen LogP contribution is 2.21. The molecule has 0 aliphatic carbocycles. The van der Waals surface area contributed by atoms with Crippen LogP contribution < -0.4 is 5.32 Å². The van der Waals surface area contributed by atoms with Crippen molar-refractivity contribution in [1.29, 1.82) is 0 Å². The number of nitrogens with one attached hydrogen (secondary N) is 1. The van der Waals surface area contributed by atoms with E-state index in [-0.39, 0.29) is 30.1 Å². The molecule has 0 aromatic heterocycles. The molecule has 114 valence electrons. The second kappa shape index (κ2) is 7.17. The minimum atomic E-state index is -3.58. The number of rotatable bonds is 7. The normalized spacial score (nSPS) is 13.9. The van der Waals surface area contributed by atoms with Crippen LogP contribution in [0.3, 0.4) is 0 Å². The van der Waals surface area contributed by atoms with E-state index in [1.807, 2.05) is 20.0 Å². The predicted molar refractivity (Wildman–Crippen MR) is 80.0 cm³/mol. The molecular formula is C14H24N2O3S. The summed E-state index contributed by atoms with van der Waals surface area (Å²) in [7, 11) is -1.75. The molecule has 0 aliphatic rings. The summed E-state index contributed by atoms with van der Waals surface area (Å²) in [6.45, 7) is 5.48. The number of hydrogen-bond acceptors (Lipinski definition) is 4. The lowest BCUT2D eigenvalue weighted by Gasteiger charge is -2.25. The Hall–Kier alpha value is -0.950. The molecule has 0 fully saturated rings. The SMILES string of the molecule is CNC(C)c1cccc(S(=O)(=O)N(CCO)C(C)C)c1. The average Bonchev–Trinajstić information content (AvgIpc) is 2.43. The highest BCUT2D eigenvalue weighted by atomic mass is 32.2. The summed E-state index contributed by atoms with van der Waals surface area (Å²) < 4.78 is 26.6. The lowest BCUT2D eigenvalue weighted by Crippen LogP contribution is -2.39. The molecule has 2 N–H and O–H groups in total. The molecule has 0 heterocycles. The monoisotopic (exact) mass is 300 g/mol. The molecule has 0 saturated carbocycles. The van der Waals surface area contributed by atoms with Crippen molar-refractivity contribution in [2.75, 3.05) is 20.2 Å². The smallest absolute Gasteiger partial charge is 0.243 e. The maximum atomic E-state index is 12.6. The van der Waals surface area contributed by atoms with Crippen LogP contribution in [0.5, 0.6) is 0 Å². The first-order valence-corrected chi connectivity index (χ1v) is 8.18. The Labute approximate surface area is 121 Å². The number of aliphatic hydroxyl groups excluding tert-OH is 1. The Bertz CT molecular complexity index is 529. The van der Waals surface area contributed by atoms with Gasteiger partial charge in [-0.2, -0.15) is 4.31 Å². The maximum absolute atomic E-state index is 12.6. The fraction of sp³-hybridized carbons (Fsp3) is 0.571. The molecule has 1 atom stereocenters. The quantitative estimate of drug-likeness (QED) is 0.798. The molecule has 0 radical (unpaired) electrons. The van der Waals surface area contributed by atoms with Crippen molar-refractivity contribution in [2.24, 2.45) is 0 Å². The third-order valence-electron chi connectivity index (χ3n) is 3.29. The van der Waals surface area contributed by atoms with Crippen molar-refractivity contribution in [2.45, 2.75) is 37.8 Å². The van der Waals surface area contributed by atoms with Crippen LogP contribution in [0.15, 0.2) is 29.2 Å². The van der Waals surface area contributed by atoms with Crippen LogP contribution in [-0.2, 0) is 10.0 Å². The summed E-state index contributed by atoms with van der Waals surface area (Å²) >= 11 is 0. The third-order valence-corrected chi connectivity index (χ3v) is 5.37. The average molecular weight is 300 g/mol. The Morgan fingerprint density at radius 3 is 2.45 bits per heavy atom. The zero-order valence-corrected chi connectivity index (χ0v) is 13.3. The number of aliphatic hydroxyl groups is 1. The lowest BCUT2D eigenvalue weighted by atomic mass is 10.1. The topological polar surface area (TPSA) is 69.6 Å². The van der Waals surface area contributed by atoms with Crippen LogP contribution in [0.25, 0.3) is 0 Å². The summed E-state index contributed by atoms with van der Waals surface area (Å²) in [5.74, 6) is 0. The van der Waals surface area contributed by atoms with Gasteiger partial charge < -0.3 is 10.4 Å². The maximum Gasteiger partial charge on any atom is 0.243 e. The van der Waals surface area contributed by atoms with Crippen LogP contribution in [0.1, 0.15) is 32.4 Å². The summed E-state index contributed by atoms with van der Waals surface area (Å²) in [5, 5.41) is 12.1. The van der Waals surface area contributed by atoms with E-state index in [0.717, 1.165) is 5.56 Å². The fourth-order valence-electron chi connectivity index (χ4n) is 2.00. The first-order chi connectivity index (χ1) is 9.34. The zero-order valence-electron chi connectivity index (χ0n) is 12.5. The molecule has 0 bridgehead atoms. The molecule has 6 heteroatoms. The number of nitrogens with zero attached hydrogens (tertiary/aromatic N) is 1. The van der Waals surface area contributed by atoms with Gasteiger partial charge in [0.05, 0.1) is 11.5 Å². The molecule has 5 nitrogen and oxygen atoms in total. The molecule has 1 aromatic rings. The minimum Gasteiger partial charge on any atom is -0.395 e. The first-order valence-electron chi connectivity index (χ1n) is 6.74. The van der Waals surface area contributed by atoms with E-state index in [1.165, 1.54) is 4.31 Å². The second-order valence-electron chi connectivity index (χ2n) is 5.02. The van der Waals surface area contributed by atoms with E-state index in [2.05, 4.69) is 5.32 Å². The Morgan fingerprint density at radius 2 is 1.95 bits per heavy atom. The van der Waals surface area contributed by atoms with Gasteiger partial charge in [0.15, 0.2) is 0 Å². The highest BCUT2D eigenvalue weighted by molar-refractivity contribution is 7.89. The van der Waals surface area contributed by atoms with Crippen molar-refractivity contribution in [1.82, 2.24) is 9.62 Å². The number of hydrogen-bond donors (Lipinski definition) is 2. The van der Waals surface area contributed by atoms with Crippen LogP contribution in [0, 0.1) is 0 Å². The van der Waals surface area contributed by atoms with Gasteiger partial charge in [0.1, 0.15) is 0 Å². The Kier molecular flexibility index (Phi) is 6.13. The van der Waals surface area contributed by atoms with Crippen molar-refractivity contribution in [3.8, 4) is 0 Å². The molecule has 0 spiro atoms. The third kappa shape index (κ3) is 3.79. The summed E-state index contributed by atoms with van der Waals surface area (Å²) in [6.07, 6.45) is 0. The van der Waals surface area contributed by atoms with Gasteiger partial charge in [-0.3, -0.25) is 0 Å². The summed E-state index contributed by atoms with van der Waals surface area (Å²) in [5.41, 5.74) is 0.918. The van der Waals surface area contributed by atoms with E-state index < -0.39 is 10.0 Å². The van der Waals surface area contributed by atoms with Gasteiger partial charge in [0, 0.05) is 18.6 Å². The summed E-state index contributed by atoms with van der Waals surface area (Å²) in [6, 6.07) is 6.80. The fourth-order valence-corrected chi connectivity index (χ4v) is 3.68. The van der Waals surface area contributed by atoms with Gasteiger partial charge in [0.25, 0.3) is 0 Å². The summed E-state index contributed by atoms with van der Waals surface area (Å²) in [4.78, 5) is 0.263. The van der Waals surface area contributed by atoms with Crippen LogP contribution in [0.4, 0.5) is 0 Å². The van der Waals surface area contributed by atoms with Crippen molar-refractivity contribution in [3.63, 3.8) is 0 Å². The van der Waals surface area contributed by atoms with Crippen LogP contribution >= 0.6 is 0 Å². The Balaban J connectivity index is 3.20. The molecule has 1 unspecified atom stereocenters. The van der Waals surface area contributed by atoms with Crippen LogP contribution in [-0.4, -0.2) is 44.1 Å². The van der Waals surface area contributed by atoms with Gasteiger partial charge >= 0.3 is 0 Å². The van der Waals surface area contributed by atoms with Crippen molar-refractivity contribution >= 4 is 10.0 Å². The number of benzene rings is 1. The lowest BCUT2D eigenvalue weighted by molar-refractivity contribution is 0.236. The molecule has 0 amide bonds. The second-order valence-corrected chi connectivity index (χ2v) is 6.91. The van der Waals surface area contributed by atoms with Gasteiger partial charge in [-0.15, -0.1) is 0 Å². The van der Waals surface area contributed by atoms with Gasteiger partial charge in [0.2, 0.25) is 10.0 Å². The zero-order chi connectivity index (χ0) is 15.3. The molecule has 0 aliphatic heterocycles. The highest BCUT2D eigenvalue weighted by Gasteiger charge is 2.26. The molecule has 1 aromatic carbocycles. The van der Waals surface area contributed by atoms with Crippen molar-refractivity contribution < 1.29 is 13.5 Å². The van der Waals surface area contributed by atoms with E-state index in [9.17, 15) is 8.42 Å². The molecule has 0 saturated heterocycles. The predicted octanol–water partition coefficient (Wildman–Crippen LogP) is 1.36. The van der Waals surface area contributed by atoms with Gasteiger partial charge in [-0.05, 0) is 45.5 Å². The molecule has 20 heavy (non-hydrogen) atoms. The van der Waals surface area contributed by atoms with Crippen molar-refractivity contribution in [3.05, 3.63) is 29.8 Å². The minimum absolute atomic E-state index is 0.0792. The largest absolute Gasteiger partial charge is 0.395 e. The van der Waals surface area contributed by atoms with Gasteiger partial charge in [-0.1, -0.05) is 12.1 Å². The molecular weight excluding hydrogens is 276 g/mol.